The molecule has 1 unspecified atom stereocenters. The van der Waals surface area contributed by atoms with Crippen molar-refractivity contribution in [2.45, 2.75) is 12.2 Å². The zero-order valence-corrected chi connectivity index (χ0v) is 11.0. The molecule has 0 heterocycles. The van der Waals surface area contributed by atoms with Crippen molar-refractivity contribution in [3.05, 3.63) is 35.4 Å². The van der Waals surface area contributed by atoms with E-state index in [1.807, 2.05) is 0 Å². The summed E-state index contributed by atoms with van der Waals surface area (Å²) in [6, 6.07) is 4.97. The molecule has 6 heteroatoms. The van der Waals surface area contributed by atoms with Crippen LogP contribution >= 0.6 is 0 Å². The minimum Gasteiger partial charge on any atom is -0.382 e. The van der Waals surface area contributed by atoms with Gasteiger partial charge in [0.05, 0.1) is 31.4 Å². The molecule has 0 saturated heterocycles. The van der Waals surface area contributed by atoms with Crippen molar-refractivity contribution in [1.29, 1.82) is 0 Å². The van der Waals surface area contributed by atoms with Gasteiger partial charge in [-0.05, 0) is 24.7 Å². The number of alkyl halides is 3. The lowest BCUT2D eigenvalue weighted by atomic mass is 10.0. The SMILES string of the molecule is CNC(COCCOC)c1cccc(C(F)(F)F)c1. The Hall–Kier alpha value is -1.11. The second-order valence-corrected chi connectivity index (χ2v) is 4.03. The smallest absolute Gasteiger partial charge is 0.382 e. The molecule has 1 aromatic carbocycles. The Morgan fingerprint density at radius 2 is 2.00 bits per heavy atom. The van der Waals surface area contributed by atoms with Crippen LogP contribution in [0.4, 0.5) is 13.2 Å². The molecule has 0 spiro atoms. The van der Waals surface area contributed by atoms with Gasteiger partial charge < -0.3 is 14.8 Å². The standard InChI is InChI=1S/C13H18F3NO2/c1-17-12(9-19-7-6-18-2)10-4-3-5-11(8-10)13(14,15)16/h3-5,8,12,17H,6-7,9H2,1-2H3. The maximum atomic E-state index is 12.6. The summed E-state index contributed by atoms with van der Waals surface area (Å²) in [4.78, 5) is 0. The van der Waals surface area contributed by atoms with Gasteiger partial charge in [-0.25, -0.2) is 0 Å². The number of ether oxygens (including phenoxy) is 2. The first-order chi connectivity index (χ1) is 8.99. The number of methoxy groups -OCH3 is 1. The van der Waals surface area contributed by atoms with Crippen LogP contribution in [0.15, 0.2) is 24.3 Å². The summed E-state index contributed by atoms with van der Waals surface area (Å²) in [6.07, 6.45) is -4.33. The molecule has 0 aromatic heterocycles. The zero-order chi connectivity index (χ0) is 14.3. The minimum atomic E-state index is -4.33. The van der Waals surface area contributed by atoms with E-state index in [1.165, 1.54) is 6.07 Å². The van der Waals surface area contributed by atoms with Crippen LogP contribution in [0.5, 0.6) is 0 Å². The third-order valence-corrected chi connectivity index (χ3v) is 2.68. The summed E-state index contributed by atoms with van der Waals surface area (Å²) in [6.45, 7) is 1.16. The van der Waals surface area contributed by atoms with Gasteiger partial charge in [-0.2, -0.15) is 13.2 Å². The van der Waals surface area contributed by atoms with E-state index in [9.17, 15) is 13.2 Å². The topological polar surface area (TPSA) is 30.5 Å². The molecular weight excluding hydrogens is 259 g/mol. The van der Waals surface area contributed by atoms with E-state index in [-0.39, 0.29) is 6.04 Å². The van der Waals surface area contributed by atoms with Gasteiger partial charge in [-0.15, -0.1) is 0 Å². The van der Waals surface area contributed by atoms with E-state index in [0.717, 1.165) is 12.1 Å². The Balaban J connectivity index is 2.70. The molecule has 1 aromatic rings. The number of hydrogen-bond donors (Lipinski definition) is 1. The molecule has 0 aliphatic carbocycles. The summed E-state index contributed by atoms with van der Waals surface area (Å²) in [5.41, 5.74) is -0.100. The fraction of sp³-hybridized carbons (Fsp3) is 0.538. The predicted octanol–water partition coefficient (Wildman–Crippen LogP) is 2.63. The average molecular weight is 277 g/mol. The Bertz CT molecular complexity index is 382. The zero-order valence-electron chi connectivity index (χ0n) is 11.0. The van der Waals surface area contributed by atoms with E-state index < -0.39 is 11.7 Å². The molecule has 1 rings (SSSR count). The maximum Gasteiger partial charge on any atom is 0.416 e. The van der Waals surface area contributed by atoms with Crippen LogP contribution in [-0.2, 0) is 15.7 Å². The number of likely N-dealkylation sites (N-methyl/N-ethyl adjacent to an activating group) is 1. The molecule has 19 heavy (non-hydrogen) atoms. The third kappa shape index (κ3) is 5.18. The highest BCUT2D eigenvalue weighted by atomic mass is 19.4. The average Bonchev–Trinajstić information content (AvgIpc) is 2.38. The number of hydrogen-bond acceptors (Lipinski definition) is 3. The summed E-state index contributed by atoms with van der Waals surface area (Å²) >= 11 is 0. The van der Waals surface area contributed by atoms with E-state index in [0.29, 0.717) is 25.4 Å². The minimum absolute atomic E-state index is 0.279. The van der Waals surface area contributed by atoms with Gasteiger partial charge in [0.2, 0.25) is 0 Å². The van der Waals surface area contributed by atoms with Crippen LogP contribution in [0.1, 0.15) is 17.2 Å². The van der Waals surface area contributed by atoms with Crippen molar-refractivity contribution in [2.75, 3.05) is 34.0 Å². The second-order valence-electron chi connectivity index (χ2n) is 4.03. The molecular formula is C13H18F3NO2. The Morgan fingerprint density at radius 1 is 1.26 bits per heavy atom. The number of halogens is 3. The summed E-state index contributed by atoms with van der Waals surface area (Å²) in [5.74, 6) is 0. The molecule has 1 N–H and O–H groups in total. The lowest BCUT2D eigenvalue weighted by molar-refractivity contribution is -0.137. The van der Waals surface area contributed by atoms with Crippen LogP contribution in [0.2, 0.25) is 0 Å². The highest BCUT2D eigenvalue weighted by Gasteiger charge is 2.30. The van der Waals surface area contributed by atoms with E-state index in [2.05, 4.69) is 5.32 Å². The van der Waals surface area contributed by atoms with Gasteiger partial charge in [0.1, 0.15) is 0 Å². The largest absolute Gasteiger partial charge is 0.416 e. The highest BCUT2D eigenvalue weighted by molar-refractivity contribution is 5.28. The molecule has 0 radical (unpaired) electrons. The monoisotopic (exact) mass is 277 g/mol. The summed E-state index contributed by atoms with van der Waals surface area (Å²) < 4.78 is 48.0. The first-order valence-electron chi connectivity index (χ1n) is 5.90. The van der Waals surface area contributed by atoms with Gasteiger partial charge in [-0.1, -0.05) is 12.1 Å². The Kier molecular flexibility index (Phi) is 6.27. The fourth-order valence-electron chi connectivity index (χ4n) is 1.62. The van der Waals surface area contributed by atoms with Crippen molar-refractivity contribution in [3.8, 4) is 0 Å². The molecule has 1 atom stereocenters. The number of nitrogens with one attached hydrogen (secondary N) is 1. The first kappa shape index (κ1) is 15.9. The third-order valence-electron chi connectivity index (χ3n) is 2.68. The first-order valence-corrected chi connectivity index (χ1v) is 5.90. The van der Waals surface area contributed by atoms with Crippen LogP contribution in [0.3, 0.4) is 0 Å². The molecule has 0 aliphatic rings. The molecule has 0 amide bonds. The molecule has 3 nitrogen and oxygen atoms in total. The Labute approximate surface area is 110 Å². The lowest BCUT2D eigenvalue weighted by Gasteiger charge is -2.18. The molecule has 0 saturated carbocycles. The summed E-state index contributed by atoms with van der Waals surface area (Å²) in [7, 11) is 3.25. The molecule has 0 aliphatic heterocycles. The maximum absolute atomic E-state index is 12.6. The van der Waals surface area contributed by atoms with Gasteiger partial charge in [0.25, 0.3) is 0 Å². The Morgan fingerprint density at radius 3 is 2.58 bits per heavy atom. The van der Waals surface area contributed by atoms with Crippen LogP contribution < -0.4 is 5.32 Å². The summed E-state index contributed by atoms with van der Waals surface area (Å²) in [5, 5.41) is 2.94. The lowest BCUT2D eigenvalue weighted by Crippen LogP contribution is -2.23. The van der Waals surface area contributed by atoms with Gasteiger partial charge in [0.15, 0.2) is 0 Å². The van der Waals surface area contributed by atoms with E-state index in [4.69, 9.17) is 9.47 Å². The quantitative estimate of drug-likeness (QED) is 0.777. The van der Waals surface area contributed by atoms with Crippen molar-refractivity contribution in [3.63, 3.8) is 0 Å². The van der Waals surface area contributed by atoms with Crippen LogP contribution in [0.25, 0.3) is 0 Å². The predicted molar refractivity (Wildman–Crippen MR) is 65.9 cm³/mol. The van der Waals surface area contributed by atoms with Crippen molar-refractivity contribution in [2.24, 2.45) is 0 Å². The van der Waals surface area contributed by atoms with Crippen molar-refractivity contribution >= 4 is 0 Å². The molecule has 0 bridgehead atoms. The van der Waals surface area contributed by atoms with Crippen LogP contribution in [0, 0.1) is 0 Å². The number of rotatable bonds is 7. The molecule has 108 valence electrons. The van der Waals surface area contributed by atoms with Gasteiger partial charge >= 0.3 is 6.18 Å². The normalized spacial score (nSPS) is 13.5. The fourth-order valence-corrected chi connectivity index (χ4v) is 1.62. The van der Waals surface area contributed by atoms with Crippen LogP contribution in [-0.4, -0.2) is 34.0 Å². The second kappa shape index (κ2) is 7.47. The van der Waals surface area contributed by atoms with Crippen molar-refractivity contribution < 1.29 is 22.6 Å². The highest BCUT2D eigenvalue weighted by Crippen LogP contribution is 2.30. The van der Waals surface area contributed by atoms with Gasteiger partial charge in [-0.3, -0.25) is 0 Å². The van der Waals surface area contributed by atoms with Gasteiger partial charge in [0, 0.05) is 7.11 Å². The van der Waals surface area contributed by atoms with E-state index in [1.54, 1.807) is 20.2 Å². The number of benzene rings is 1. The van der Waals surface area contributed by atoms with E-state index >= 15 is 0 Å². The van der Waals surface area contributed by atoms with Crippen molar-refractivity contribution in [1.82, 2.24) is 5.32 Å². The molecule has 0 fully saturated rings.